The molecule has 0 saturated heterocycles. The molecule has 1 heterocycles. The molecule has 28 heavy (non-hydrogen) atoms. The highest BCUT2D eigenvalue weighted by Crippen LogP contribution is 2.17. The predicted octanol–water partition coefficient (Wildman–Crippen LogP) is 2.53. The van der Waals surface area contributed by atoms with Crippen molar-refractivity contribution < 1.29 is 9.53 Å². The summed E-state index contributed by atoms with van der Waals surface area (Å²) in [6.07, 6.45) is 0. The van der Waals surface area contributed by atoms with E-state index in [9.17, 15) is 4.79 Å². The monoisotopic (exact) mass is 403 g/mol. The average molecular weight is 404 g/mol. The lowest BCUT2D eigenvalue weighted by Crippen LogP contribution is -2.36. The minimum Gasteiger partial charge on any atom is -0.484 e. The molecule has 152 valence electrons. The molecule has 2 rings (SSSR count). The Bertz CT molecular complexity index is 804. The largest absolute Gasteiger partial charge is 0.484 e. The maximum Gasteiger partial charge on any atom is 0.257 e. The first-order valence-electron chi connectivity index (χ1n) is 9.45. The highest BCUT2D eigenvalue weighted by atomic mass is 32.1. The molecule has 2 aromatic rings. The normalized spacial score (nSPS) is 11.2. The molecule has 7 nitrogen and oxygen atoms in total. The van der Waals surface area contributed by atoms with Gasteiger partial charge in [-0.15, -0.1) is 11.3 Å². The number of nitrogens with zero attached hydrogens (tertiary/aromatic N) is 2. The van der Waals surface area contributed by atoms with Crippen molar-refractivity contribution >= 4 is 23.2 Å². The number of thiazole rings is 1. The SMILES string of the molecule is CCNC(=O)COc1cccc(CN=C(NCC)NCc2sc(C)nc2C)c1. The molecule has 1 amide bonds. The number of hydrogen-bond acceptors (Lipinski definition) is 5. The van der Waals surface area contributed by atoms with Crippen LogP contribution in [-0.2, 0) is 17.9 Å². The van der Waals surface area contributed by atoms with Crippen molar-refractivity contribution in [3.8, 4) is 5.75 Å². The number of guanidine groups is 1. The molecule has 0 bridgehead atoms. The fourth-order valence-electron chi connectivity index (χ4n) is 2.54. The van der Waals surface area contributed by atoms with Crippen molar-refractivity contribution in [1.82, 2.24) is 20.9 Å². The number of aliphatic imine (C=N–C) groups is 1. The van der Waals surface area contributed by atoms with Crippen LogP contribution in [0, 0.1) is 13.8 Å². The zero-order chi connectivity index (χ0) is 20.4. The number of benzene rings is 1. The molecule has 0 spiro atoms. The molecule has 0 aliphatic carbocycles. The summed E-state index contributed by atoms with van der Waals surface area (Å²) in [4.78, 5) is 21.8. The zero-order valence-corrected chi connectivity index (χ0v) is 17.8. The van der Waals surface area contributed by atoms with E-state index >= 15 is 0 Å². The third-order valence-electron chi connectivity index (χ3n) is 3.82. The second kappa shape index (κ2) is 11.3. The van der Waals surface area contributed by atoms with Gasteiger partial charge in [0.1, 0.15) is 5.75 Å². The Labute approximate surface area is 170 Å². The quantitative estimate of drug-likeness (QED) is 0.442. The van der Waals surface area contributed by atoms with Crippen LogP contribution in [0.3, 0.4) is 0 Å². The van der Waals surface area contributed by atoms with E-state index in [4.69, 9.17) is 4.74 Å². The first-order chi connectivity index (χ1) is 13.5. The van der Waals surface area contributed by atoms with E-state index in [1.165, 1.54) is 4.88 Å². The van der Waals surface area contributed by atoms with Gasteiger partial charge in [-0.3, -0.25) is 4.79 Å². The topological polar surface area (TPSA) is 87.6 Å². The molecule has 8 heteroatoms. The molecular formula is C20H29N5O2S. The number of rotatable bonds is 9. The Morgan fingerprint density at radius 2 is 1.96 bits per heavy atom. The summed E-state index contributed by atoms with van der Waals surface area (Å²) in [5.41, 5.74) is 2.07. The molecule has 0 atom stereocenters. The van der Waals surface area contributed by atoms with Gasteiger partial charge >= 0.3 is 0 Å². The Morgan fingerprint density at radius 1 is 1.18 bits per heavy atom. The van der Waals surface area contributed by atoms with Gasteiger partial charge in [-0.2, -0.15) is 0 Å². The number of aromatic nitrogens is 1. The first kappa shape index (κ1) is 21.7. The molecule has 0 aliphatic heterocycles. The number of carbonyl (C=O) groups is 1. The van der Waals surface area contributed by atoms with Gasteiger partial charge in [0, 0.05) is 18.0 Å². The van der Waals surface area contributed by atoms with E-state index in [-0.39, 0.29) is 12.5 Å². The van der Waals surface area contributed by atoms with Crippen LogP contribution in [0.1, 0.15) is 35.0 Å². The van der Waals surface area contributed by atoms with Gasteiger partial charge in [-0.05, 0) is 45.4 Å². The van der Waals surface area contributed by atoms with Gasteiger partial charge in [0.05, 0.1) is 23.8 Å². The molecule has 0 unspecified atom stereocenters. The van der Waals surface area contributed by atoms with Crippen molar-refractivity contribution in [2.24, 2.45) is 4.99 Å². The van der Waals surface area contributed by atoms with E-state index in [1.54, 1.807) is 11.3 Å². The molecule has 0 saturated carbocycles. The van der Waals surface area contributed by atoms with Crippen LogP contribution >= 0.6 is 11.3 Å². The predicted molar refractivity (Wildman–Crippen MR) is 114 cm³/mol. The lowest BCUT2D eigenvalue weighted by atomic mass is 10.2. The van der Waals surface area contributed by atoms with Crippen molar-refractivity contribution in [2.45, 2.75) is 40.8 Å². The summed E-state index contributed by atoms with van der Waals surface area (Å²) in [6, 6.07) is 7.64. The highest BCUT2D eigenvalue weighted by molar-refractivity contribution is 7.11. The van der Waals surface area contributed by atoms with Crippen LogP contribution in [0.4, 0.5) is 0 Å². The molecule has 0 fully saturated rings. The van der Waals surface area contributed by atoms with Gasteiger partial charge in [0.2, 0.25) is 0 Å². The molecule has 3 N–H and O–H groups in total. The first-order valence-corrected chi connectivity index (χ1v) is 10.3. The number of ether oxygens (including phenoxy) is 1. The lowest BCUT2D eigenvalue weighted by Gasteiger charge is -2.11. The Morgan fingerprint density at radius 3 is 2.64 bits per heavy atom. The number of hydrogen-bond donors (Lipinski definition) is 3. The van der Waals surface area contributed by atoms with E-state index in [2.05, 4.69) is 25.9 Å². The number of carbonyl (C=O) groups excluding carboxylic acids is 1. The number of nitrogens with one attached hydrogen (secondary N) is 3. The van der Waals surface area contributed by atoms with Gasteiger partial charge < -0.3 is 20.7 Å². The number of aryl methyl sites for hydroxylation is 2. The Hall–Kier alpha value is -2.61. The molecule has 1 aromatic heterocycles. The molecular weight excluding hydrogens is 374 g/mol. The summed E-state index contributed by atoms with van der Waals surface area (Å²) < 4.78 is 5.54. The summed E-state index contributed by atoms with van der Waals surface area (Å²) in [7, 11) is 0. The summed E-state index contributed by atoms with van der Waals surface area (Å²) in [5, 5.41) is 10.4. The van der Waals surface area contributed by atoms with E-state index in [0.29, 0.717) is 25.4 Å². The van der Waals surface area contributed by atoms with E-state index in [0.717, 1.165) is 28.8 Å². The zero-order valence-electron chi connectivity index (χ0n) is 17.0. The third-order valence-corrected chi connectivity index (χ3v) is 4.90. The Kier molecular flexibility index (Phi) is 8.74. The maximum atomic E-state index is 11.5. The van der Waals surface area contributed by atoms with Crippen LogP contribution in [0.25, 0.3) is 0 Å². The average Bonchev–Trinajstić information content (AvgIpc) is 3.00. The van der Waals surface area contributed by atoms with Crippen LogP contribution in [0.2, 0.25) is 0 Å². The smallest absolute Gasteiger partial charge is 0.257 e. The highest BCUT2D eigenvalue weighted by Gasteiger charge is 2.06. The van der Waals surface area contributed by atoms with Crippen molar-refractivity contribution in [3.05, 3.63) is 45.4 Å². The standard InChI is InChI=1S/C20H29N5O2S/c1-5-21-19(26)13-27-17-9-7-8-16(10-17)11-23-20(22-6-2)24-12-18-14(3)25-15(4)28-18/h7-10H,5-6,11-13H2,1-4H3,(H,21,26)(H2,22,23,24). The second-order valence-corrected chi connectivity index (χ2v) is 7.47. The fraction of sp³-hybridized carbons (Fsp3) is 0.450. The van der Waals surface area contributed by atoms with Crippen molar-refractivity contribution in [2.75, 3.05) is 19.7 Å². The maximum absolute atomic E-state index is 11.5. The van der Waals surface area contributed by atoms with Crippen molar-refractivity contribution in [3.63, 3.8) is 0 Å². The summed E-state index contributed by atoms with van der Waals surface area (Å²) in [5.74, 6) is 1.28. The van der Waals surface area contributed by atoms with Gasteiger partial charge in [0.25, 0.3) is 5.91 Å². The lowest BCUT2D eigenvalue weighted by molar-refractivity contribution is -0.122. The second-order valence-electron chi connectivity index (χ2n) is 6.18. The van der Waals surface area contributed by atoms with E-state index < -0.39 is 0 Å². The Balaban J connectivity index is 1.95. The third kappa shape index (κ3) is 7.19. The van der Waals surface area contributed by atoms with Gasteiger partial charge in [-0.1, -0.05) is 12.1 Å². The van der Waals surface area contributed by atoms with Crippen LogP contribution < -0.4 is 20.7 Å². The summed E-state index contributed by atoms with van der Waals surface area (Å²) in [6.45, 7) is 10.5. The number of amides is 1. The minimum atomic E-state index is -0.127. The van der Waals surface area contributed by atoms with E-state index in [1.807, 2.05) is 52.0 Å². The van der Waals surface area contributed by atoms with Crippen LogP contribution in [0.15, 0.2) is 29.3 Å². The molecule has 1 aromatic carbocycles. The minimum absolute atomic E-state index is 0.0123. The van der Waals surface area contributed by atoms with Gasteiger partial charge in [-0.25, -0.2) is 9.98 Å². The summed E-state index contributed by atoms with van der Waals surface area (Å²) >= 11 is 1.70. The van der Waals surface area contributed by atoms with Crippen LogP contribution in [0.5, 0.6) is 5.75 Å². The molecule has 0 aliphatic rings. The van der Waals surface area contributed by atoms with Gasteiger partial charge in [0.15, 0.2) is 12.6 Å². The van der Waals surface area contributed by atoms with Crippen LogP contribution in [-0.4, -0.2) is 36.5 Å². The molecule has 0 radical (unpaired) electrons. The van der Waals surface area contributed by atoms with Crippen molar-refractivity contribution in [1.29, 1.82) is 0 Å². The fourth-order valence-corrected chi connectivity index (χ4v) is 3.42. The number of likely N-dealkylation sites (N-methyl/N-ethyl adjacent to an activating group) is 1.